The fourth-order valence-corrected chi connectivity index (χ4v) is 2.01. The molecule has 1 aliphatic carbocycles. The van der Waals surface area contributed by atoms with Crippen molar-refractivity contribution < 1.29 is 9.59 Å². The molecule has 0 radical (unpaired) electrons. The molecule has 0 aromatic carbocycles. The molecule has 0 aromatic rings. The standard InChI is InChI=1S/C10H17NO2S/c12-7-1-2-10(13)11-8-3-5-9(14)6-4-8/h7-9,14H,1-6H2,(H,11,13). The van der Waals surface area contributed by atoms with E-state index in [-0.39, 0.29) is 5.91 Å². The highest BCUT2D eigenvalue weighted by molar-refractivity contribution is 7.80. The molecule has 3 nitrogen and oxygen atoms in total. The zero-order valence-corrected chi connectivity index (χ0v) is 9.13. The van der Waals surface area contributed by atoms with Crippen LogP contribution in [0.2, 0.25) is 0 Å². The van der Waals surface area contributed by atoms with Crippen LogP contribution in [0.1, 0.15) is 38.5 Å². The average Bonchev–Trinajstić information content (AvgIpc) is 2.18. The highest BCUT2D eigenvalue weighted by atomic mass is 32.1. The van der Waals surface area contributed by atoms with Gasteiger partial charge in [0, 0.05) is 24.1 Å². The second-order valence-corrected chi connectivity index (χ2v) is 4.51. The van der Waals surface area contributed by atoms with Crippen LogP contribution >= 0.6 is 12.6 Å². The second-order valence-electron chi connectivity index (χ2n) is 3.78. The van der Waals surface area contributed by atoms with Gasteiger partial charge in [-0.2, -0.15) is 12.6 Å². The smallest absolute Gasteiger partial charge is 0.220 e. The lowest BCUT2D eigenvalue weighted by Crippen LogP contribution is -2.37. The highest BCUT2D eigenvalue weighted by Gasteiger charge is 2.19. The maximum absolute atomic E-state index is 11.3. The minimum atomic E-state index is -0.000265. The van der Waals surface area contributed by atoms with Crippen molar-refractivity contribution in [1.29, 1.82) is 0 Å². The van der Waals surface area contributed by atoms with Gasteiger partial charge in [-0.1, -0.05) is 0 Å². The Morgan fingerprint density at radius 2 is 2.00 bits per heavy atom. The van der Waals surface area contributed by atoms with Crippen molar-refractivity contribution in [3.8, 4) is 0 Å². The third-order valence-electron chi connectivity index (χ3n) is 2.55. The Morgan fingerprint density at radius 3 is 2.57 bits per heavy atom. The molecule has 1 amide bonds. The molecule has 1 aliphatic rings. The Kier molecular flexibility index (Phi) is 5.01. The van der Waals surface area contributed by atoms with Gasteiger partial charge in [0.15, 0.2) is 0 Å². The summed E-state index contributed by atoms with van der Waals surface area (Å²) in [5, 5.41) is 3.44. The molecule has 1 N–H and O–H groups in total. The summed E-state index contributed by atoms with van der Waals surface area (Å²) in [7, 11) is 0. The summed E-state index contributed by atoms with van der Waals surface area (Å²) in [6, 6.07) is 0.303. The van der Waals surface area contributed by atoms with Crippen molar-refractivity contribution in [2.45, 2.75) is 49.8 Å². The van der Waals surface area contributed by atoms with Crippen LogP contribution in [0.5, 0.6) is 0 Å². The maximum Gasteiger partial charge on any atom is 0.220 e. The molecule has 0 saturated heterocycles. The van der Waals surface area contributed by atoms with Crippen LogP contribution in [0.15, 0.2) is 0 Å². The monoisotopic (exact) mass is 215 g/mol. The largest absolute Gasteiger partial charge is 0.353 e. The summed E-state index contributed by atoms with van der Waals surface area (Å²) in [5.41, 5.74) is 0. The molecule has 1 rings (SSSR count). The normalized spacial score (nSPS) is 26.9. The summed E-state index contributed by atoms with van der Waals surface area (Å²) in [5.74, 6) is -0.000265. The first-order valence-electron chi connectivity index (χ1n) is 5.13. The van der Waals surface area contributed by atoms with Gasteiger partial charge in [-0.05, 0) is 25.7 Å². The molecule has 0 heterocycles. The zero-order valence-electron chi connectivity index (χ0n) is 8.24. The third-order valence-corrected chi connectivity index (χ3v) is 3.07. The average molecular weight is 215 g/mol. The molecule has 1 saturated carbocycles. The van der Waals surface area contributed by atoms with Crippen LogP contribution < -0.4 is 5.32 Å². The summed E-state index contributed by atoms with van der Waals surface area (Å²) in [6.45, 7) is 0. The van der Waals surface area contributed by atoms with E-state index in [1.54, 1.807) is 0 Å². The van der Waals surface area contributed by atoms with Crippen LogP contribution in [0, 0.1) is 0 Å². The van der Waals surface area contributed by atoms with E-state index in [2.05, 4.69) is 17.9 Å². The van der Waals surface area contributed by atoms with Crippen LogP contribution in [0.25, 0.3) is 0 Å². The lowest BCUT2D eigenvalue weighted by atomic mass is 9.95. The number of aldehydes is 1. The van der Waals surface area contributed by atoms with Crippen molar-refractivity contribution in [2.24, 2.45) is 0 Å². The van der Waals surface area contributed by atoms with Gasteiger partial charge < -0.3 is 10.1 Å². The number of carbonyl (C=O) groups excluding carboxylic acids is 2. The molecule has 80 valence electrons. The summed E-state index contributed by atoms with van der Waals surface area (Å²) < 4.78 is 0. The number of nitrogens with one attached hydrogen (secondary N) is 1. The van der Waals surface area contributed by atoms with Crippen LogP contribution in [-0.2, 0) is 9.59 Å². The first-order chi connectivity index (χ1) is 6.72. The molecule has 4 heteroatoms. The van der Waals surface area contributed by atoms with E-state index < -0.39 is 0 Å². The van der Waals surface area contributed by atoms with Crippen molar-refractivity contribution in [2.75, 3.05) is 0 Å². The molecular weight excluding hydrogens is 198 g/mol. The number of amides is 1. The maximum atomic E-state index is 11.3. The minimum absolute atomic E-state index is 0.000265. The molecule has 0 aliphatic heterocycles. The van der Waals surface area contributed by atoms with Gasteiger partial charge in [-0.25, -0.2) is 0 Å². The minimum Gasteiger partial charge on any atom is -0.353 e. The van der Waals surface area contributed by atoms with Gasteiger partial charge in [0.05, 0.1) is 0 Å². The van der Waals surface area contributed by atoms with E-state index >= 15 is 0 Å². The molecule has 0 aromatic heterocycles. The van der Waals surface area contributed by atoms with Crippen molar-refractivity contribution >= 4 is 24.8 Å². The number of thiol groups is 1. The SMILES string of the molecule is O=CCCC(=O)NC1CCC(S)CC1. The highest BCUT2D eigenvalue weighted by Crippen LogP contribution is 2.22. The zero-order chi connectivity index (χ0) is 10.4. The molecule has 0 unspecified atom stereocenters. The predicted octanol–water partition coefficient (Wildman–Crippen LogP) is 1.32. The van der Waals surface area contributed by atoms with Gasteiger partial charge in [0.25, 0.3) is 0 Å². The van der Waals surface area contributed by atoms with E-state index in [1.165, 1.54) is 0 Å². The summed E-state index contributed by atoms with van der Waals surface area (Å²) >= 11 is 4.39. The number of hydrogen-bond acceptors (Lipinski definition) is 3. The second kappa shape index (κ2) is 6.06. The first kappa shape index (κ1) is 11.6. The van der Waals surface area contributed by atoms with Crippen LogP contribution in [-0.4, -0.2) is 23.5 Å². The van der Waals surface area contributed by atoms with Gasteiger partial charge in [-0.15, -0.1) is 0 Å². The van der Waals surface area contributed by atoms with Crippen LogP contribution in [0.4, 0.5) is 0 Å². The van der Waals surface area contributed by atoms with E-state index in [9.17, 15) is 9.59 Å². The quantitative estimate of drug-likeness (QED) is 0.549. The lowest BCUT2D eigenvalue weighted by Gasteiger charge is -2.26. The van der Waals surface area contributed by atoms with E-state index in [0.717, 1.165) is 32.0 Å². The van der Waals surface area contributed by atoms with Crippen molar-refractivity contribution in [3.63, 3.8) is 0 Å². The fourth-order valence-electron chi connectivity index (χ4n) is 1.71. The third kappa shape index (κ3) is 4.13. The Bertz CT molecular complexity index is 200. The van der Waals surface area contributed by atoms with Gasteiger partial charge in [0.1, 0.15) is 6.29 Å². The first-order valence-corrected chi connectivity index (χ1v) is 5.65. The van der Waals surface area contributed by atoms with Crippen LogP contribution in [0.3, 0.4) is 0 Å². The Morgan fingerprint density at radius 1 is 1.36 bits per heavy atom. The Balaban J connectivity index is 2.17. The fraction of sp³-hybridized carbons (Fsp3) is 0.800. The van der Waals surface area contributed by atoms with Crippen molar-refractivity contribution in [1.82, 2.24) is 5.32 Å². The molecule has 14 heavy (non-hydrogen) atoms. The Labute approximate surface area is 90.0 Å². The van der Waals surface area contributed by atoms with Crippen molar-refractivity contribution in [3.05, 3.63) is 0 Å². The van der Waals surface area contributed by atoms with Gasteiger partial charge >= 0.3 is 0 Å². The molecular formula is C10H17NO2S. The molecule has 1 fully saturated rings. The number of carbonyl (C=O) groups is 2. The van der Waals surface area contributed by atoms with Gasteiger partial charge in [-0.3, -0.25) is 4.79 Å². The Hall–Kier alpha value is -0.510. The summed E-state index contributed by atoms with van der Waals surface area (Å²) in [4.78, 5) is 21.3. The lowest BCUT2D eigenvalue weighted by molar-refractivity contribution is -0.123. The molecule has 0 spiro atoms. The van der Waals surface area contributed by atoms with E-state index in [0.29, 0.717) is 24.1 Å². The summed E-state index contributed by atoms with van der Waals surface area (Å²) in [6.07, 6.45) is 5.60. The number of hydrogen-bond donors (Lipinski definition) is 2. The van der Waals surface area contributed by atoms with Gasteiger partial charge in [0.2, 0.25) is 5.91 Å². The predicted molar refractivity (Wildman–Crippen MR) is 58.5 cm³/mol. The molecule has 0 atom stereocenters. The van der Waals surface area contributed by atoms with E-state index in [4.69, 9.17) is 0 Å². The topological polar surface area (TPSA) is 46.2 Å². The van der Waals surface area contributed by atoms with E-state index in [1.807, 2.05) is 0 Å². The number of rotatable bonds is 4. The molecule has 0 bridgehead atoms.